The normalized spacial score (nSPS) is 13.5. The third-order valence-corrected chi connectivity index (χ3v) is 6.62. The van der Waals surface area contributed by atoms with Crippen molar-refractivity contribution >= 4 is 26.9 Å². The lowest BCUT2D eigenvalue weighted by atomic mass is 10.0. The zero-order valence-electron chi connectivity index (χ0n) is 18.6. The van der Waals surface area contributed by atoms with E-state index in [9.17, 15) is 4.79 Å². The smallest absolute Gasteiger partial charge is 0.200 e. The zero-order chi connectivity index (χ0) is 22.9. The molecule has 0 unspecified atom stereocenters. The quantitative estimate of drug-likeness (QED) is 0.336. The number of ether oxygens (including phenoxy) is 2. The van der Waals surface area contributed by atoms with Gasteiger partial charge in [0, 0.05) is 17.6 Å². The van der Waals surface area contributed by atoms with Crippen molar-refractivity contribution < 1.29 is 13.9 Å². The van der Waals surface area contributed by atoms with Gasteiger partial charge in [0.25, 0.3) is 0 Å². The van der Waals surface area contributed by atoms with E-state index in [1.54, 1.807) is 7.11 Å². The third kappa shape index (κ3) is 4.28. The van der Waals surface area contributed by atoms with Crippen LogP contribution < -0.4 is 14.9 Å². The summed E-state index contributed by atoms with van der Waals surface area (Å²) in [6, 6.07) is 19.5. The van der Waals surface area contributed by atoms with Gasteiger partial charge in [-0.3, -0.25) is 9.69 Å². The van der Waals surface area contributed by atoms with Gasteiger partial charge < -0.3 is 13.9 Å². The highest BCUT2D eigenvalue weighted by molar-refractivity contribution is 9.10. The molecule has 1 aliphatic heterocycles. The van der Waals surface area contributed by atoms with Crippen LogP contribution in [-0.4, -0.2) is 25.3 Å². The molecule has 0 N–H and O–H groups in total. The first kappa shape index (κ1) is 21.7. The molecular weight excluding hydrogens is 482 g/mol. The Kier molecular flexibility index (Phi) is 5.96. The van der Waals surface area contributed by atoms with Crippen LogP contribution in [0.2, 0.25) is 0 Å². The summed E-state index contributed by atoms with van der Waals surface area (Å²) in [4.78, 5) is 15.7. The van der Waals surface area contributed by atoms with Crippen LogP contribution in [0.1, 0.15) is 16.9 Å². The molecule has 0 bridgehead atoms. The second-order valence-corrected chi connectivity index (χ2v) is 9.13. The predicted octanol–water partition coefficient (Wildman–Crippen LogP) is 5.93. The van der Waals surface area contributed by atoms with Crippen molar-refractivity contribution in [2.24, 2.45) is 0 Å². The molecule has 0 amide bonds. The summed E-state index contributed by atoms with van der Waals surface area (Å²) in [5.41, 5.74) is 4.21. The molecule has 1 aliphatic rings. The van der Waals surface area contributed by atoms with Gasteiger partial charge in [0.1, 0.15) is 29.6 Å². The van der Waals surface area contributed by atoms with Crippen LogP contribution in [0.4, 0.5) is 0 Å². The molecule has 2 heterocycles. The summed E-state index contributed by atoms with van der Waals surface area (Å²) < 4.78 is 18.5. The molecule has 0 spiro atoms. The second-order valence-electron chi connectivity index (χ2n) is 8.21. The molecule has 5 nitrogen and oxygen atoms in total. The molecule has 1 aromatic heterocycles. The molecule has 33 heavy (non-hydrogen) atoms. The minimum atomic E-state index is -0.0192. The molecule has 0 saturated heterocycles. The molecule has 4 aromatic rings. The van der Waals surface area contributed by atoms with E-state index in [4.69, 9.17) is 13.9 Å². The summed E-state index contributed by atoms with van der Waals surface area (Å²) in [7, 11) is 1.67. The second kappa shape index (κ2) is 9.04. The van der Waals surface area contributed by atoms with Gasteiger partial charge in [-0.1, -0.05) is 40.2 Å². The molecule has 5 rings (SSSR count). The van der Waals surface area contributed by atoms with Gasteiger partial charge in [0.05, 0.1) is 23.6 Å². The van der Waals surface area contributed by atoms with Gasteiger partial charge in [-0.25, -0.2) is 0 Å². The van der Waals surface area contributed by atoms with Gasteiger partial charge in [0.2, 0.25) is 5.43 Å². The van der Waals surface area contributed by atoms with Gasteiger partial charge in [-0.05, 0) is 60.9 Å². The minimum Gasteiger partial charge on any atom is -0.497 e. The average Bonchev–Trinajstić information content (AvgIpc) is 2.84. The maximum Gasteiger partial charge on any atom is 0.200 e. The standard InChI is InChI=1S/C27H24BrNO4/c1-17-25(19-5-7-20(28)8-6-19)26(30)22-11-12-24-23(27(22)33-17)15-29(16-32-24)14-13-18-3-9-21(31-2)10-4-18/h3-12H,13-16H2,1-2H3. The van der Waals surface area contributed by atoms with E-state index in [0.717, 1.165) is 40.1 Å². The van der Waals surface area contributed by atoms with Crippen molar-refractivity contribution in [1.29, 1.82) is 0 Å². The Morgan fingerprint density at radius 2 is 1.79 bits per heavy atom. The van der Waals surface area contributed by atoms with Crippen molar-refractivity contribution in [3.05, 3.63) is 92.2 Å². The number of methoxy groups -OCH3 is 1. The number of fused-ring (bicyclic) bond motifs is 3. The van der Waals surface area contributed by atoms with Crippen LogP contribution >= 0.6 is 15.9 Å². The number of aryl methyl sites for hydroxylation is 1. The summed E-state index contributed by atoms with van der Waals surface area (Å²) in [6.45, 7) is 3.86. The van der Waals surface area contributed by atoms with E-state index in [1.807, 2.05) is 55.5 Å². The summed E-state index contributed by atoms with van der Waals surface area (Å²) in [5.74, 6) is 2.24. The van der Waals surface area contributed by atoms with Crippen LogP contribution in [-0.2, 0) is 13.0 Å². The fourth-order valence-electron chi connectivity index (χ4n) is 4.29. The van der Waals surface area contributed by atoms with Crippen LogP contribution in [0.15, 0.2) is 74.3 Å². The maximum atomic E-state index is 13.4. The number of halogens is 1. The fraction of sp³-hybridized carbons (Fsp3) is 0.222. The van der Waals surface area contributed by atoms with Crippen molar-refractivity contribution in [3.63, 3.8) is 0 Å². The molecule has 3 aromatic carbocycles. The van der Waals surface area contributed by atoms with Crippen LogP contribution in [0.5, 0.6) is 11.5 Å². The van der Waals surface area contributed by atoms with Crippen molar-refractivity contribution in [3.8, 4) is 22.6 Å². The monoisotopic (exact) mass is 505 g/mol. The molecule has 0 aliphatic carbocycles. The van der Waals surface area contributed by atoms with Gasteiger partial charge >= 0.3 is 0 Å². The highest BCUT2D eigenvalue weighted by Crippen LogP contribution is 2.34. The summed E-state index contributed by atoms with van der Waals surface area (Å²) >= 11 is 3.45. The van der Waals surface area contributed by atoms with E-state index in [-0.39, 0.29) is 5.43 Å². The zero-order valence-corrected chi connectivity index (χ0v) is 20.1. The Morgan fingerprint density at radius 3 is 2.52 bits per heavy atom. The summed E-state index contributed by atoms with van der Waals surface area (Å²) in [5, 5.41) is 0.581. The number of benzene rings is 3. The number of nitrogens with zero attached hydrogens (tertiary/aromatic N) is 1. The van der Waals surface area contributed by atoms with Crippen molar-refractivity contribution in [1.82, 2.24) is 4.90 Å². The Bertz CT molecular complexity index is 1360. The van der Waals surface area contributed by atoms with Gasteiger partial charge in [-0.2, -0.15) is 0 Å². The topological polar surface area (TPSA) is 51.9 Å². The first-order chi connectivity index (χ1) is 16.0. The number of hydrogen-bond acceptors (Lipinski definition) is 5. The first-order valence-electron chi connectivity index (χ1n) is 10.9. The SMILES string of the molecule is COc1ccc(CCN2COc3ccc4c(=O)c(-c5ccc(Br)cc5)c(C)oc4c3C2)cc1. The van der Waals surface area contributed by atoms with E-state index >= 15 is 0 Å². The predicted molar refractivity (Wildman–Crippen MR) is 133 cm³/mol. The first-order valence-corrected chi connectivity index (χ1v) is 11.7. The van der Waals surface area contributed by atoms with Crippen LogP contribution in [0.25, 0.3) is 22.1 Å². The van der Waals surface area contributed by atoms with Crippen molar-refractivity contribution in [2.45, 2.75) is 19.9 Å². The Morgan fingerprint density at radius 1 is 1.03 bits per heavy atom. The lowest BCUT2D eigenvalue weighted by Gasteiger charge is -2.29. The van der Waals surface area contributed by atoms with E-state index in [0.29, 0.717) is 35.6 Å². The fourth-order valence-corrected chi connectivity index (χ4v) is 4.56. The van der Waals surface area contributed by atoms with Crippen LogP contribution in [0.3, 0.4) is 0 Å². The number of rotatable bonds is 5. The van der Waals surface area contributed by atoms with E-state index in [1.165, 1.54) is 5.56 Å². The number of hydrogen-bond donors (Lipinski definition) is 0. The van der Waals surface area contributed by atoms with Gasteiger partial charge in [0.15, 0.2) is 0 Å². The Balaban J connectivity index is 1.44. The molecule has 168 valence electrons. The van der Waals surface area contributed by atoms with Gasteiger partial charge in [-0.15, -0.1) is 0 Å². The lowest BCUT2D eigenvalue weighted by Crippen LogP contribution is -2.33. The van der Waals surface area contributed by atoms with Crippen molar-refractivity contribution in [2.75, 3.05) is 20.4 Å². The molecule has 0 atom stereocenters. The third-order valence-electron chi connectivity index (χ3n) is 6.09. The molecular formula is C27H24BrNO4. The van der Waals surface area contributed by atoms with E-state index in [2.05, 4.69) is 33.0 Å². The average molecular weight is 506 g/mol. The molecule has 0 radical (unpaired) electrons. The summed E-state index contributed by atoms with van der Waals surface area (Å²) in [6.07, 6.45) is 0.893. The molecule has 0 saturated carbocycles. The largest absolute Gasteiger partial charge is 0.497 e. The van der Waals surface area contributed by atoms with Crippen LogP contribution in [0, 0.1) is 6.92 Å². The minimum absolute atomic E-state index is 0.0192. The van der Waals surface area contributed by atoms with E-state index < -0.39 is 0 Å². The molecule has 0 fully saturated rings. The highest BCUT2D eigenvalue weighted by Gasteiger charge is 2.23. The Hall–Kier alpha value is -3.09. The molecule has 6 heteroatoms. The maximum absolute atomic E-state index is 13.4. The Labute approximate surface area is 200 Å². The highest BCUT2D eigenvalue weighted by atomic mass is 79.9. The lowest BCUT2D eigenvalue weighted by molar-refractivity contribution is 0.0968.